The van der Waals surface area contributed by atoms with Gasteiger partial charge in [-0.05, 0) is 49.0 Å². The molecule has 2 aliphatic rings. The molecule has 0 amide bonds. The highest BCUT2D eigenvalue weighted by molar-refractivity contribution is 5.05. The van der Waals surface area contributed by atoms with E-state index in [4.69, 9.17) is 0 Å². The summed E-state index contributed by atoms with van der Waals surface area (Å²) in [6, 6.07) is 0. The zero-order valence-corrected chi connectivity index (χ0v) is 11.1. The molecule has 0 radical (unpaired) electrons. The van der Waals surface area contributed by atoms with Crippen molar-refractivity contribution in [2.24, 2.45) is 29.1 Å². The fraction of sp³-hybridized carbons (Fsp3) is 1.00. The van der Waals surface area contributed by atoms with Gasteiger partial charge in [0, 0.05) is 13.1 Å². The first kappa shape index (κ1) is 11.4. The maximum absolute atomic E-state index is 2.56. The van der Waals surface area contributed by atoms with Crippen LogP contribution < -0.4 is 0 Å². The third-order valence-electron chi connectivity index (χ3n) is 5.34. The Hall–Kier alpha value is -0.0400. The van der Waals surface area contributed by atoms with E-state index in [2.05, 4.69) is 39.6 Å². The van der Waals surface area contributed by atoms with Gasteiger partial charge in [0.05, 0.1) is 0 Å². The quantitative estimate of drug-likeness (QED) is 0.675. The zero-order valence-electron chi connectivity index (χ0n) is 11.1. The maximum atomic E-state index is 2.56. The highest BCUT2D eigenvalue weighted by Crippen LogP contribution is 2.59. The molecule has 2 rings (SSSR count). The summed E-state index contributed by atoms with van der Waals surface area (Å²) in [6.45, 7) is 12.5. The van der Waals surface area contributed by atoms with Crippen LogP contribution in [0, 0.1) is 29.1 Å². The van der Waals surface area contributed by atoms with Gasteiger partial charge in [0.1, 0.15) is 0 Å². The molecular weight excluding hydrogens is 182 g/mol. The van der Waals surface area contributed by atoms with Crippen LogP contribution in [-0.2, 0) is 0 Å². The van der Waals surface area contributed by atoms with Crippen molar-refractivity contribution in [3.8, 4) is 0 Å². The predicted molar refractivity (Wildman–Crippen MR) is 65.8 cm³/mol. The van der Waals surface area contributed by atoms with Crippen LogP contribution in [0.4, 0.5) is 0 Å². The minimum atomic E-state index is 0.645. The van der Waals surface area contributed by atoms with Gasteiger partial charge in [-0.3, -0.25) is 0 Å². The number of rotatable bonds is 2. The molecule has 0 spiro atoms. The molecule has 2 bridgehead atoms. The monoisotopic (exact) mass is 209 g/mol. The topological polar surface area (TPSA) is 3.24 Å². The van der Waals surface area contributed by atoms with Crippen LogP contribution in [0.2, 0.25) is 0 Å². The predicted octanol–water partition coefficient (Wildman–Crippen LogP) is 3.26. The highest BCUT2D eigenvalue weighted by atomic mass is 15.1. The molecule has 0 aromatic carbocycles. The van der Waals surface area contributed by atoms with E-state index in [0.717, 1.165) is 23.7 Å². The lowest BCUT2D eigenvalue weighted by atomic mass is 9.57. The van der Waals surface area contributed by atoms with E-state index in [9.17, 15) is 0 Å². The number of fused-ring (bicyclic) bond motifs is 2. The smallest absolute Gasteiger partial charge is 0.00123 e. The van der Waals surface area contributed by atoms with Gasteiger partial charge < -0.3 is 4.90 Å². The molecule has 1 saturated carbocycles. The molecule has 88 valence electrons. The molecule has 1 heterocycles. The molecule has 15 heavy (non-hydrogen) atoms. The minimum absolute atomic E-state index is 0.645. The van der Waals surface area contributed by atoms with Crippen LogP contribution in [0.5, 0.6) is 0 Å². The van der Waals surface area contributed by atoms with E-state index in [1.54, 1.807) is 0 Å². The van der Waals surface area contributed by atoms with Crippen LogP contribution in [0.3, 0.4) is 0 Å². The number of nitrogens with zero attached hydrogens (tertiary/aromatic N) is 1. The minimum Gasteiger partial charge on any atom is -0.306 e. The molecular formula is C14H27N. The molecule has 1 nitrogen and oxygen atoms in total. The summed E-state index contributed by atoms with van der Waals surface area (Å²) in [7, 11) is 2.30. The molecule has 1 heteroatoms. The van der Waals surface area contributed by atoms with Gasteiger partial charge in [-0.2, -0.15) is 0 Å². The van der Waals surface area contributed by atoms with Gasteiger partial charge in [0.2, 0.25) is 0 Å². The summed E-state index contributed by atoms with van der Waals surface area (Å²) in [5, 5.41) is 0. The molecule has 1 aliphatic heterocycles. The number of hydrogen-bond acceptors (Lipinski definition) is 1. The molecule has 0 aromatic heterocycles. The summed E-state index contributed by atoms with van der Waals surface area (Å²) >= 11 is 0. The Morgan fingerprint density at radius 2 is 1.33 bits per heavy atom. The second-order valence-electron chi connectivity index (χ2n) is 6.50. The molecule has 1 aliphatic carbocycles. The molecule has 1 saturated heterocycles. The molecule has 0 aromatic rings. The van der Waals surface area contributed by atoms with E-state index >= 15 is 0 Å². The average molecular weight is 209 g/mol. The van der Waals surface area contributed by atoms with Crippen molar-refractivity contribution < 1.29 is 0 Å². The van der Waals surface area contributed by atoms with E-state index < -0.39 is 0 Å². The summed E-state index contributed by atoms with van der Waals surface area (Å²) in [4.78, 5) is 2.56. The largest absolute Gasteiger partial charge is 0.306 e. The number of likely N-dealkylation sites (tertiary alicyclic amines) is 1. The van der Waals surface area contributed by atoms with Gasteiger partial charge in [0.25, 0.3) is 0 Å². The van der Waals surface area contributed by atoms with E-state index in [0.29, 0.717) is 5.41 Å². The van der Waals surface area contributed by atoms with Gasteiger partial charge in [0.15, 0.2) is 0 Å². The van der Waals surface area contributed by atoms with Crippen LogP contribution in [0.15, 0.2) is 0 Å². The van der Waals surface area contributed by atoms with Crippen molar-refractivity contribution in [3.05, 3.63) is 0 Å². The van der Waals surface area contributed by atoms with Crippen LogP contribution >= 0.6 is 0 Å². The second-order valence-corrected chi connectivity index (χ2v) is 6.50. The van der Waals surface area contributed by atoms with Crippen molar-refractivity contribution in [1.29, 1.82) is 0 Å². The van der Waals surface area contributed by atoms with E-state index in [1.165, 1.54) is 25.9 Å². The Kier molecular flexibility index (Phi) is 2.87. The second kappa shape index (κ2) is 3.76. The van der Waals surface area contributed by atoms with Crippen LogP contribution in [0.1, 0.15) is 40.5 Å². The fourth-order valence-corrected chi connectivity index (χ4v) is 5.11. The Morgan fingerprint density at radius 1 is 0.933 bits per heavy atom. The van der Waals surface area contributed by atoms with Crippen molar-refractivity contribution in [1.82, 2.24) is 4.90 Å². The Labute approximate surface area is 95.2 Å². The first-order valence-corrected chi connectivity index (χ1v) is 6.68. The lowest BCUT2D eigenvalue weighted by molar-refractivity contribution is -0.0478. The lowest BCUT2D eigenvalue weighted by Crippen LogP contribution is -2.53. The Bertz CT molecular complexity index is 207. The SMILES string of the molecule is CC(C)C1(C(C)C)C2CCC1CN(C)C2. The Morgan fingerprint density at radius 3 is 1.67 bits per heavy atom. The Balaban J connectivity index is 2.33. The first-order chi connectivity index (χ1) is 6.99. The van der Waals surface area contributed by atoms with Crippen molar-refractivity contribution >= 4 is 0 Å². The van der Waals surface area contributed by atoms with Gasteiger partial charge >= 0.3 is 0 Å². The summed E-state index contributed by atoms with van der Waals surface area (Å²) in [5.41, 5.74) is 0.645. The lowest BCUT2D eigenvalue weighted by Gasteiger charge is -2.53. The fourth-order valence-electron chi connectivity index (χ4n) is 5.11. The highest BCUT2D eigenvalue weighted by Gasteiger charge is 2.55. The first-order valence-electron chi connectivity index (χ1n) is 6.68. The molecule has 2 atom stereocenters. The molecule has 2 unspecified atom stereocenters. The number of hydrogen-bond donors (Lipinski definition) is 0. The molecule has 2 fully saturated rings. The van der Waals surface area contributed by atoms with E-state index in [1.807, 2.05) is 0 Å². The normalized spacial score (nSPS) is 35.4. The van der Waals surface area contributed by atoms with E-state index in [-0.39, 0.29) is 0 Å². The van der Waals surface area contributed by atoms with Gasteiger partial charge in [-0.1, -0.05) is 27.7 Å². The average Bonchev–Trinajstić information content (AvgIpc) is 2.34. The van der Waals surface area contributed by atoms with Crippen LogP contribution in [0.25, 0.3) is 0 Å². The summed E-state index contributed by atoms with van der Waals surface area (Å²) in [6.07, 6.45) is 2.96. The third-order valence-corrected chi connectivity index (χ3v) is 5.34. The maximum Gasteiger partial charge on any atom is 0.00123 e. The molecule has 0 N–H and O–H groups in total. The zero-order chi connectivity index (χ0) is 11.2. The standard InChI is InChI=1S/C14H27N/c1-10(2)14(11(3)4)12-6-7-13(14)9-15(5)8-12/h10-13H,6-9H2,1-5H3. The van der Waals surface area contributed by atoms with Gasteiger partial charge in [-0.25, -0.2) is 0 Å². The van der Waals surface area contributed by atoms with Crippen molar-refractivity contribution in [2.45, 2.75) is 40.5 Å². The van der Waals surface area contributed by atoms with Crippen molar-refractivity contribution in [3.63, 3.8) is 0 Å². The van der Waals surface area contributed by atoms with Crippen molar-refractivity contribution in [2.75, 3.05) is 20.1 Å². The third kappa shape index (κ3) is 1.46. The number of piperidine rings is 1. The summed E-state index contributed by atoms with van der Waals surface area (Å²) in [5.74, 6) is 3.62. The van der Waals surface area contributed by atoms with Crippen LogP contribution in [-0.4, -0.2) is 25.0 Å². The van der Waals surface area contributed by atoms with Gasteiger partial charge in [-0.15, -0.1) is 0 Å². The summed E-state index contributed by atoms with van der Waals surface area (Å²) < 4.78 is 0.